The summed E-state index contributed by atoms with van der Waals surface area (Å²) in [5.74, 6) is -0.775. The Bertz CT molecular complexity index is 1330. The molecule has 0 saturated heterocycles. The summed E-state index contributed by atoms with van der Waals surface area (Å²) in [6, 6.07) is 11.4. The van der Waals surface area contributed by atoms with Gasteiger partial charge in [-0.05, 0) is 51.8 Å². The van der Waals surface area contributed by atoms with Crippen molar-refractivity contribution in [3.8, 4) is 22.9 Å². The number of alkyl halides is 3. The Morgan fingerprint density at radius 1 is 1.19 bits per heavy atom. The molecule has 0 unspecified atom stereocenters. The molecule has 0 saturated carbocycles. The van der Waals surface area contributed by atoms with E-state index in [1.54, 1.807) is 12.1 Å². The molecule has 194 valence electrons. The van der Waals surface area contributed by atoms with Crippen LogP contribution in [0.15, 0.2) is 48.7 Å². The van der Waals surface area contributed by atoms with E-state index in [2.05, 4.69) is 15.0 Å². The third-order valence-corrected chi connectivity index (χ3v) is 6.20. The molecule has 10 nitrogen and oxygen atoms in total. The lowest BCUT2D eigenvalue weighted by Crippen LogP contribution is -2.48. The van der Waals surface area contributed by atoms with Crippen molar-refractivity contribution >= 4 is 11.7 Å². The van der Waals surface area contributed by atoms with Crippen molar-refractivity contribution in [1.82, 2.24) is 19.8 Å². The number of imidazole rings is 1. The lowest BCUT2D eigenvalue weighted by molar-refractivity contribution is -0.389. The average molecular weight is 517 g/mol. The van der Waals surface area contributed by atoms with Gasteiger partial charge in [-0.3, -0.25) is 14.3 Å². The summed E-state index contributed by atoms with van der Waals surface area (Å²) in [7, 11) is 0. The summed E-state index contributed by atoms with van der Waals surface area (Å²) >= 11 is 0. The van der Waals surface area contributed by atoms with Gasteiger partial charge in [0.15, 0.2) is 0 Å². The van der Waals surface area contributed by atoms with E-state index >= 15 is 0 Å². The zero-order valence-corrected chi connectivity index (χ0v) is 19.4. The van der Waals surface area contributed by atoms with Crippen molar-refractivity contribution in [2.75, 3.05) is 19.7 Å². The van der Waals surface area contributed by atoms with Crippen LogP contribution in [0.2, 0.25) is 0 Å². The molecule has 0 aliphatic carbocycles. The van der Waals surface area contributed by atoms with Crippen molar-refractivity contribution in [1.29, 1.82) is 0 Å². The molecule has 37 heavy (non-hydrogen) atoms. The van der Waals surface area contributed by atoms with Gasteiger partial charge in [0.05, 0.1) is 19.1 Å². The maximum Gasteiger partial charge on any atom is 0.573 e. The van der Waals surface area contributed by atoms with Crippen molar-refractivity contribution < 1.29 is 32.4 Å². The Kier molecular flexibility index (Phi) is 6.46. The number of carbonyl (C=O) groups excluding carboxylic acids is 1. The second-order valence-corrected chi connectivity index (χ2v) is 8.88. The van der Waals surface area contributed by atoms with Crippen LogP contribution in [0.4, 0.5) is 19.0 Å². The normalized spacial score (nSPS) is 17.3. The summed E-state index contributed by atoms with van der Waals surface area (Å²) in [6.45, 7) is 1.90. The number of halogens is 3. The summed E-state index contributed by atoms with van der Waals surface area (Å²) in [4.78, 5) is 28.8. The smallest absolute Gasteiger partial charge is 0.444 e. The lowest BCUT2D eigenvalue weighted by atomic mass is 9.94. The van der Waals surface area contributed by atoms with Gasteiger partial charge >= 0.3 is 18.2 Å². The predicted molar refractivity (Wildman–Crippen MR) is 124 cm³/mol. The third-order valence-electron chi connectivity index (χ3n) is 6.20. The van der Waals surface area contributed by atoms with Crippen molar-refractivity contribution in [3.05, 3.63) is 69.9 Å². The van der Waals surface area contributed by atoms with Crippen LogP contribution in [-0.4, -0.2) is 57.4 Å². The van der Waals surface area contributed by atoms with E-state index in [0.29, 0.717) is 19.6 Å². The summed E-state index contributed by atoms with van der Waals surface area (Å²) in [6.07, 6.45) is -2.70. The second-order valence-electron chi connectivity index (χ2n) is 8.88. The fourth-order valence-corrected chi connectivity index (χ4v) is 4.53. The van der Waals surface area contributed by atoms with Gasteiger partial charge in [-0.15, -0.1) is 13.2 Å². The summed E-state index contributed by atoms with van der Waals surface area (Å²) < 4.78 is 48.1. The zero-order valence-electron chi connectivity index (χ0n) is 19.4. The molecular weight excluding hydrogens is 495 g/mol. The summed E-state index contributed by atoms with van der Waals surface area (Å²) in [5.41, 5.74) is 3.81. The Morgan fingerprint density at radius 3 is 2.68 bits per heavy atom. The van der Waals surface area contributed by atoms with Crippen molar-refractivity contribution in [2.45, 2.75) is 31.9 Å². The number of rotatable bonds is 6. The highest BCUT2D eigenvalue weighted by Crippen LogP contribution is 2.29. The number of nitrogens with one attached hydrogen (secondary N) is 1. The van der Waals surface area contributed by atoms with Crippen LogP contribution >= 0.6 is 0 Å². The maximum absolute atomic E-state index is 12.7. The van der Waals surface area contributed by atoms with Gasteiger partial charge in [-0.1, -0.05) is 24.3 Å². The van der Waals surface area contributed by atoms with Gasteiger partial charge in [0, 0.05) is 18.1 Å². The minimum absolute atomic E-state index is 0.156. The SMILES string of the molecule is O=C(CN1CCc2ccc(-c3ccc(OC(F)(F)F)cc3)cc2C1)N[C@@H]1COc2nc([N+](=O)[O-])cn2C1. The van der Waals surface area contributed by atoms with Crippen LogP contribution in [0.5, 0.6) is 11.8 Å². The number of hydrogen-bond donors (Lipinski definition) is 1. The molecule has 1 atom stereocenters. The van der Waals surface area contributed by atoms with Gasteiger partial charge in [0.2, 0.25) is 5.91 Å². The Labute approximate surface area is 208 Å². The Morgan fingerprint density at radius 2 is 1.95 bits per heavy atom. The molecule has 13 heteroatoms. The largest absolute Gasteiger partial charge is 0.573 e. The van der Waals surface area contributed by atoms with E-state index < -0.39 is 11.3 Å². The Hall–Kier alpha value is -4.13. The van der Waals surface area contributed by atoms with Gasteiger partial charge in [-0.25, -0.2) is 0 Å². The molecule has 2 aromatic carbocycles. The van der Waals surface area contributed by atoms with Crippen LogP contribution in [0.3, 0.4) is 0 Å². The Balaban J connectivity index is 1.18. The molecule has 1 N–H and O–H groups in total. The first-order chi connectivity index (χ1) is 17.6. The topological polar surface area (TPSA) is 112 Å². The average Bonchev–Trinajstić information content (AvgIpc) is 3.27. The quantitative estimate of drug-likeness (QED) is 0.395. The van der Waals surface area contributed by atoms with E-state index in [1.165, 1.54) is 22.9 Å². The molecular formula is C24H22F3N5O5. The van der Waals surface area contributed by atoms with Crippen LogP contribution in [0.25, 0.3) is 11.1 Å². The van der Waals surface area contributed by atoms with Crippen LogP contribution in [-0.2, 0) is 24.3 Å². The molecule has 0 radical (unpaired) electrons. The van der Waals surface area contributed by atoms with E-state index in [9.17, 15) is 28.1 Å². The first-order valence-corrected chi connectivity index (χ1v) is 11.5. The third kappa shape index (κ3) is 5.82. The van der Waals surface area contributed by atoms with Gasteiger partial charge in [0.25, 0.3) is 0 Å². The monoisotopic (exact) mass is 517 g/mol. The zero-order chi connectivity index (χ0) is 26.2. The fraction of sp³-hybridized carbons (Fsp3) is 0.333. The maximum atomic E-state index is 12.7. The molecule has 5 rings (SSSR count). The fourth-order valence-electron chi connectivity index (χ4n) is 4.53. The highest BCUT2D eigenvalue weighted by Gasteiger charge is 2.31. The van der Waals surface area contributed by atoms with Crippen LogP contribution in [0.1, 0.15) is 11.1 Å². The molecule has 1 amide bonds. The lowest BCUT2D eigenvalue weighted by Gasteiger charge is -2.30. The van der Waals surface area contributed by atoms with E-state index in [0.717, 1.165) is 28.7 Å². The number of benzene rings is 2. The second kappa shape index (κ2) is 9.73. The van der Waals surface area contributed by atoms with Crippen molar-refractivity contribution in [3.63, 3.8) is 0 Å². The van der Waals surface area contributed by atoms with Gasteiger partial charge < -0.3 is 24.9 Å². The standard InChI is InChI=1S/C24H22F3N5O5/c25-24(26,27)37-20-5-3-15(4-6-20)17-2-1-16-7-8-30(10-18(16)9-17)13-22(33)28-19-11-31-12-21(32(34)35)29-23(31)36-14-19/h1-6,9,12,19H,7-8,10-11,13-14H2,(H,28,33)/t19-/m0/s1. The molecule has 3 aromatic rings. The number of nitrogens with zero attached hydrogens (tertiary/aromatic N) is 4. The molecule has 0 bridgehead atoms. The number of amides is 1. The molecule has 1 aromatic heterocycles. The highest BCUT2D eigenvalue weighted by molar-refractivity contribution is 5.78. The van der Waals surface area contributed by atoms with Gasteiger partial charge in [-0.2, -0.15) is 0 Å². The molecule has 2 aliphatic rings. The first-order valence-electron chi connectivity index (χ1n) is 11.5. The predicted octanol–water partition coefficient (Wildman–Crippen LogP) is 3.29. The van der Waals surface area contributed by atoms with E-state index in [4.69, 9.17) is 4.74 Å². The van der Waals surface area contributed by atoms with E-state index in [-0.39, 0.29) is 42.7 Å². The van der Waals surface area contributed by atoms with Gasteiger partial charge in [0.1, 0.15) is 18.6 Å². The van der Waals surface area contributed by atoms with Crippen molar-refractivity contribution in [2.24, 2.45) is 0 Å². The highest BCUT2D eigenvalue weighted by atomic mass is 19.4. The molecule has 0 spiro atoms. The minimum atomic E-state index is -4.74. The molecule has 2 aliphatic heterocycles. The minimum Gasteiger partial charge on any atom is -0.444 e. The van der Waals surface area contributed by atoms with E-state index in [1.807, 2.05) is 23.1 Å². The first kappa shape index (κ1) is 24.6. The number of ether oxygens (including phenoxy) is 2. The number of hydrogen-bond acceptors (Lipinski definition) is 7. The number of aromatic nitrogens is 2. The number of nitro groups is 1. The number of fused-ring (bicyclic) bond motifs is 2. The molecule has 3 heterocycles. The van der Waals surface area contributed by atoms with Crippen LogP contribution in [0, 0.1) is 10.1 Å². The molecule has 0 fully saturated rings. The summed E-state index contributed by atoms with van der Waals surface area (Å²) in [5, 5.41) is 13.8. The van der Waals surface area contributed by atoms with Crippen LogP contribution < -0.4 is 14.8 Å². The number of carbonyl (C=O) groups is 1.